The summed E-state index contributed by atoms with van der Waals surface area (Å²) in [4.78, 5) is 31.2. The zero-order valence-corrected chi connectivity index (χ0v) is 14.3. The van der Waals surface area contributed by atoms with Gasteiger partial charge in [0.25, 0.3) is 0 Å². The molecule has 128 valence electrons. The molecule has 6 heteroatoms. The molecule has 1 aromatic carbocycles. The van der Waals surface area contributed by atoms with Crippen molar-refractivity contribution in [3.05, 3.63) is 53.9 Å². The van der Waals surface area contributed by atoms with Crippen LogP contribution in [0.3, 0.4) is 0 Å². The fourth-order valence-electron chi connectivity index (χ4n) is 3.53. The highest BCUT2D eigenvalue weighted by atomic mass is 16.2. The molecule has 6 nitrogen and oxygen atoms in total. The zero-order chi connectivity index (χ0) is 17.2. The van der Waals surface area contributed by atoms with E-state index in [-0.39, 0.29) is 11.9 Å². The monoisotopic (exact) mass is 335 g/mol. The second-order valence-electron chi connectivity index (χ2n) is 6.47. The third-order valence-corrected chi connectivity index (χ3v) is 4.73. The predicted octanol–water partition coefficient (Wildman–Crippen LogP) is 2.96. The fraction of sp³-hybridized carbons (Fsp3) is 0.368. The Kier molecular flexibility index (Phi) is 4.17. The minimum atomic E-state index is 0.0740. The number of aryl methyl sites for hydroxylation is 2. The van der Waals surface area contributed by atoms with E-state index in [1.807, 2.05) is 42.2 Å². The molecule has 1 fully saturated rings. The molecule has 1 aliphatic rings. The lowest BCUT2D eigenvalue weighted by Gasteiger charge is -2.24. The Labute approximate surface area is 146 Å². The average Bonchev–Trinajstić information content (AvgIpc) is 3.26. The van der Waals surface area contributed by atoms with Crippen LogP contribution in [-0.4, -0.2) is 37.3 Å². The van der Waals surface area contributed by atoms with Crippen LogP contribution in [0.2, 0.25) is 0 Å². The Morgan fingerprint density at radius 1 is 1.28 bits per heavy atom. The van der Waals surface area contributed by atoms with Crippen LogP contribution >= 0.6 is 0 Å². The van der Waals surface area contributed by atoms with Gasteiger partial charge in [-0.15, -0.1) is 0 Å². The van der Waals surface area contributed by atoms with Crippen LogP contribution in [0.4, 0.5) is 0 Å². The van der Waals surface area contributed by atoms with Crippen LogP contribution in [0, 0.1) is 6.92 Å². The number of carbonyl (C=O) groups is 1. The van der Waals surface area contributed by atoms with Crippen LogP contribution < -0.4 is 0 Å². The van der Waals surface area contributed by atoms with Crippen molar-refractivity contribution >= 4 is 16.9 Å². The number of hydrogen-bond donors (Lipinski definition) is 1. The summed E-state index contributed by atoms with van der Waals surface area (Å²) in [7, 11) is 0. The van der Waals surface area contributed by atoms with Gasteiger partial charge >= 0.3 is 0 Å². The Bertz CT molecular complexity index is 870. The maximum Gasteiger partial charge on any atom is 0.223 e. The first-order valence-corrected chi connectivity index (χ1v) is 8.73. The summed E-state index contributed by atoms with van der Waals surface area (Å²) in [5, 5.41) is 0. The summed E-state index contributed by atoms with van der Waals surface area (Å²) in [5.41, 5.74) is 2.91. The summed E-state index contributed by atoms with van der Waals surface area (Å²) in [6.07, 6.45) is 4.84. The third kappa shape index (κ3) is 3.24. The molecular formula is C19H21N5O. The fourth-order valence-corrected chi connectivity index (χ4v) is 3.53. The molecule has 1 unspecified atom stereocenters. The Morgan fingerprint density at radius 2 is 2.16 bits per heavy atom. The number of benzene rings is 1. The Hall–Kier alpha value is -2.76. The van der Waals surface area contributed by atoms with Gasteiger partial charge in [0.05, 0.1) is 22.8 Å². The minimum absolute atomic E-state index is 0.0740. The van der Waals surface area contributed by atoms with Gasteiger partial charge in [-0.2, -0.15) is 0 Å². The normalized spacial score (nSPS) is 17.3. The van der Waals surface area contributed by atoms with E-state index in [9.17, 15) is 4.79 Å². The van der Waals surface area contributed by atoms with Gasteiger partial charge in [-0.25, -0.2) is 15.0 Å². The summed E-state index contributed by atoms with van der Waals surface area (Å²) in [6.45, 7) is 2.68. The first-order chi connectivity index (χ1) is 12.2. The summed E-state index contributed by atoms with van der Waals surface area (Å²) in [6, 6.07) is 9.92. The molecule has 3 aromatic rings. The number of nitrogens with one attached hydrogen (secondary N) is 1. The molecule has 0 spiro atoms. The summed E-state index contributed by atoms with van der Waals surface area (Å²) in [5.74, 6) is 1.78. The molecule has 4 rings (SSSR count). The van der Waals surface area contributed by atoms with E-state index in [1.54, 1.807) is 6.20 Å². The number of aromatic nitrogens is 4. The van der Waals surface area contributed by atoms with Gasteiger partial charge in [-0.05, 0) is 38.0 Å². The lowest BCUT2D eigenvalue weighted by atomic mass is 10.1. The van der Waals surface area contributed by atoms with Crippen molar-refractivity contribution in [1.82, 2.24) is 24.8 Å². The van der Waals surface area contributed by atoms with E-state index >= 15 is 0 Å². The van der Waals surface area contributed by atoms with Crippen molar-refractivity contribution < 1.29 is 4.79 Å². The second kappa shape index (κ2) is 6.63. The SMILES string of the molecule is Cc1nccc(C2CCCN2C(=O)CCc2nc3ccccc3[nH]2)n1. The molecule has 0 aliphatic carbocycles. The molecular weight excluding hydrogens is 314 g/mol. The topological polar surface area (TPSA) is 74.8 Å². The van der Waals surface area contributed by atoms with Gasteiger partial charge < -0.3 is 9.88 Å². The number of aromatic amines is 1. The molecule has 1 atom stereocenters. The quantitative estimate of drug-likeness (QED) is 0.795. The van der Waals surface area contributed by atoms with E-state index in [1.165, 1.54) is 0 Å². The van der Waals surface area contributed by atoms with Crippen molar-refractivity contribution in [2.75, 3.05) is 6.54 Å². The van der Waals surface area contributed by atoms with Gasteiger partial charge in [0.1, 0.15) is 11.6 Å². The number of rotatable bonds is 4. The van der Waals surface area contributed by atoms with E-state index in [4.69, 9.17) is 0 Å². The van der Waals surface area contributed by atoms with E-state index < -0.39 is 0 Å². The molecule has 1 aliphatic heterocycles. The maximum atomic E-state index is 12.7. The number of H-pyrrole nitrogens is 1. The largest absolute Gasteiger partial charge is 0.342 e. The molecule has 2 aromatic heterocycles. The molecule has 0 radical (unpaired) electrons. The van der Waals surface area contributed by atoms with Crippen LogP contribution in [0.5, 0.6) is 0 Å². The smallest absolute Gasteiger partial charge is 0.223 e. The first-order valence-electron chi connectivity index (χ1n) is 8.73. The highest BCUT2D eigenvalue weighted by Gasteiger charge is 2.30. The van der Waals surface area contributed by atoms with Gasteiger partial charge in [-0.3, -0.25) is 4.79 Å². The van der Waals surface area contributed by atoms with Crippen molar-refractivity contribution in [1.29, 1.82) is 0 Å². The lowest BCUT2D eigenvalue weighted by Crippen LogP contribution is -2.31. The van der Waals surface area contributed by atoms with E-state index in [2.05, 4.69) is 19.9 Å². The van der Waals surface area contributed by atoms with Crippen molar-refractivity contribution in [2.45, 2.75) is 38.6 Å². The van der Waals surface area contributed by atoms with Gasteiger partial charge in [-0.1, -0.05) is 12.1 Å². The summed E-state index contributed by atoms with van der Waals surface area (Å²) >= 11 is 0. The third-order valence-electron chi connectivity index (χ3n) is 4.73. The number of carbonyl (C=O) groups excluding carboxylic acids is 1. The van der Waals surface area contributed by atoms with Crippen LogP contribution in [0.15, 0.2) is 36.5 Å². The van der Waals surface area contributed by atoms with Gasteiger partial charge in [0.15, 0.2) is 0 Å². The van der Waals surface area contributed by atoms with E-state index in [0.717, 1.165) is 47.8 Å². The number of hydrogen-bond acceptors (Lipinski definition) is 4. The lowest BCUT2D eigenvalue weighted by molar-refractivity contribution is -0.132. The molecule has 3 heterocycles. The standard InChI is InChI=1S/C19H21N5O/c1-13-20-11-10-16(21-13)17-7-4-12-24(17)19(25)9-8-18-22-14-5-2-3-6-15(14)23-18/h2-3,5-6,10-11,17H,4,7-9,12H2,1H3,(H,22,23). The highest BCUT2D eigenvalue weighted by Crippen LogP contribution is 2.31. The number of nitrogens with zero attached hydrogens (tertiary/aromatic N) is 4. The zero-order valence-electron chi connectivity index (χ0n) is 14.3. The molecule has 1 amide bonds. The molecule has 1 saturated heterocycles. The molecule has 1 N–H and O–H groups in total. The van der Waals surface area contributed by atoms with Crippen molar-refractivity contribution in [3.63, 3.8) is 0 Å². The maximum absolute atomic E-state index is 12.7. The van der Waals surface area contributed by atoms with Gasteiger partial charge in [0.2, 0.25) is 5.91 Å². The van der Waals surface area contributed by atoms with Crippen LogP contribution in [0.1, 0.15) is 42.6 Å². The predicted molar refractivity (Wildman–Crippen MR) is 94.9 cm³/mol. The van der Waals surface area contributed by atoms with Crippen molar-refractivity contribution in [2.24, 2.45) is 0 Å². The number of fused-ring (bicyclic) bond motifs is 1. The minimum Gasteiger partial charge on any atom is -0.342 e. The molecule has 25 heavy (non-hydrogen) atoms. The molecule has 0 saturated carbocycles. The number of likely N-dealkylation sites (tertiary alicyclic amines) is 1. The van der Waals surface area contributed by atoms with E-state index in [0.29, 0.717) is 12.8 Å². The van der Waals surface area contributed by atoms with Gasteiger partial charge in [0, 0.05) is 25.6 Å². The summed E-state index contributed by atoms with van der Waals surface area (Å²) < 4.78 is 0. The molecule has 0 bridgehead atoms. The Balaban J connectivity index is 1.44. The van der Waals surface area contributed by atoms with Crippen LogP contribution in [-0.2, 0) is 11.2 Å². The number of amides is 1. The van der Waals surface area contributed by atoms with Crippen LogP contribution in [0.25, 0.3) is 11.0 Å². The average molecular weight is 335 g/mol. The highest BCUT2D eigenvalue weighted by molar-refractivity contribution is 5.78. The Morgan fingerprint density at radius 3 is 3.00 bits per heavy atom. The first kappa shape index (κ1) is 15.7. The second-order valence-corrected chi connectivity index (χ2v) is 6.47. The number of imidazole rings is 1. The number of para-hydroxylation sites is 2. The van der Waals surface area contributed by atoms with Crippen molar-refractivity contribution in [3.8, 4) is 0 Å².